The molecule has 1 aliphatic rings. The maximum atomic E-state index is 12.1. The van der Waals surface area contributed by atoms with E-state index in [2.05, 4.69) is 15.6 Å². The van der Waals surface area contributed by atoms with Crippen LogP contribution in [0.3, 0.4) is 0 Å². The summed E-state index contributed by atoms with van der Waals surface area (Å²) in [5.41, 5.74) is 1.02. The summed E-state index contributed by atoms with van der Waals surface area (Å²) in [6.07, 6.45) is 2.44. The van der Waals surface area contributed by atoms with Gasteiger partial charge in [0.15, 0.2) is 5.96 Å². The smallest absolute Gasteiger partial charge is 0.410 e. The Morgan fingerprint density at radius 2 is 1.83 bits per heavy atom. The Bertz CT molecular complexity index is 691. The number of aliphatic hydroxyl groups is 1. The number of guanidine groups is 1. The van der Waals surface area contributed by atoms with Crippen LogP contribution in [0.4, 0.5) is 4.79 Å². The van der Waals surface area contributed by atoms with Gasteiger partial charge in [0.1, 0.15) is 5.60 Å². The number of rotatable bonds is 7. The molecule has 0 bridgehead atoms. The molecule has 1 aliphatic carbocycles. The zero-order valence-electron chi connectivity index (χ0n) is 18.4. The quantitative estimate of drug-likeness (QED) is 0.480. The largest absolute Gasteiger partial charge is 0.444 e. The van der Waals surface area contributed by atoms with Crippen LogP contribution in [0.25, 0.3) is 0 Å². The second-order valence-corrected chi connectivity index (χ2v) is 8.78. The highest BCUT2D eigenvalue weighted by Gasteiger charge is 2.34. The standard InChI is InChI=1S/C22H36N4O3/c1-6-23-19(25-16-22(28)12-7-13-22)24-14-17-8-10-18(11-9-17)15-26(5)20(27)29-21(2,3)4/h8-11,28H,6-7,12-16H2,1-5H3,(H2,23,24,25). The second kappa shape index (κ2) is 9.96. The van der Waals surface area contributed by atoms with Gasteiger partial charge >= 0.3 is 6.09 Å². The molecule has 0 aromatic heterocycles. The first-order valence-electron chi connectivity index (χ1n) is 10.4. The van der Waals surface area contributed by atoms with E-state index in [0.717, 1.165) is 36.9 Å². The van der Waals surface area contributed by atoms with Gasteiger partial charge in [-0.3, -0.25) is 0 Å². The summed E-state index contributed by atoms with van der Waals surface area (Å²) in [4.78, 5) is 18.3. The van der Waals surface area contributed by atoms with Crippen molar-refractivity contribution in [1.29, 1.82) is 0 Å². The molecule has 1 aromatic carbocycles. The number of carbonyl (C=O) groups is 1. The van der Waals surface area contributed by atoms with Crippen molar-refractivity contribution in [2.45, 2.75) is 71.2 Å². The molecule has 2 rings (SSSR count). The minimum atomic E-state index is -0.585. The molecule has 162 valence electrons. The number of hydrogen-bond acceptors (Lipinski definition) is 4. The highest BCUT2D eigenvalue weighted by atomic mass is 16.6. The number of nitrogens with zero attached hydrogens (tertiary/aromatic N) is 2. The van der Waals surface area contributed by atoms with Gasteiger partial charge in [0.2, 0.25) is 0 Å². The minimum Gasteiger partial charge on any atom is -0.444 e. The summed E-state index contributed by atoms with van der Waals surface area (Å²) in [5.74, 6) is 0.710. The first-order chi connectivity index (χ1) is 13.6. The molecule has 1 saturated carbocycles. The van der Waals surface area contributed by atoms with Crippen LogP contribution in [0.1, 0.15) is 58.1 Å². The summed E-state index contributed by atoms with van der Waals surface area (Å²) >= 11 is 0. The predicted molar refractivity (Wildman–Crippen MR) is 116 cm³/mol. The summed E-state index contributed by atoms with van der Waals surface area (Å²) in [6, 6.07) is 8.04. The first-order valence-corrected chi connectivity index (χ1v) is 10.4. The topological polar surface area (TPSA) is 86.2 Å². The fraction of sp³-hybridized carbons (Fsp3) is 0.636. The molecule has 0 unspecified atom stereocenters. The molecule has 0 heterocycles. The van der Waals surface area contributed by atoms with Crippen molar-refractivity contribution in [3.63, 3.8) is 0 Å². The fourth-order valence-electron chi connectivity index (χ4n) is 2.95. The molecule has 29 heavy (non-hydrogen) atoms. The Kier molecular flexibility index (Phi) is 7.90. The number of hydrogen-bond donors (Lipinski definition) is 3. The summed E-state index contributed by atoms with van der Waals surface area (Å²) in [6.45, 7) is 9.91. The van der Waals surface area contributed by atoms with E-state index in [9.17, 15) is 9.90 Å². The lowest BCUT2D eigenvalue weighted by atomic mass is 9.80. The van der Waals surface area contributed by atoms with Crippen molar-refractivity contribution in [1.82, 2.24) is 15.5 Å². The van der Waals surface area contributed by atoms with Crippen molar-refractivity contribution in [2.24, 2.45) is 4.99 Å². The molecule has 0 aliphatic heterocycles. The van der Waals surface area contributed by atoms with Crippen molar-refractivity contribution in [3.05, 3.63) is 35.4 Å². The number of aliphatic imine (C=N–C) groups is 1. The lowest BCUT2D eigenvalue weighted by Crippen LogP contribution is -2.50. The lowest BCUT2D eigenvalue weighted by molar-refractivity contribution is -0.0279. The second-order valence-electron chi connectivity index (χ2n) is 8.78. The number of amides is 1. The molecule has 1 aromatic rings. The predicted octanol–water partition coefficient (Wildman–Crippen LogP) is 3.02. The molecule has 7 heteroatoms. The lowest BCUT2D eigenvalue weighted by Gasteiger charge is -2.37. The zero-order chi connectivity index (χ0) is 21.5. The highest BCUT2D eigenvalue weighted by Crippen LogP contribution is 2.30. The van der Waals surface area contributed by atoms with Crippen LogP contribution in [0.5, 0.6) is 0 Å². The average molecular weight is 405 g/mol. The van der Waals surface area contributed by atoms with Gasteiger partial charge in [0.25, 0.3) is 0 Å². The summed E-state index contributed by atoms with van der Waals surface area (Å²) in [5, 5.41) is 16.7. The molecule has 0 atom stereocenters. The Balaban J connectivity index is 1.87. The third-order valence-electron chi connectivity index (χ3n) is 4.78. The van der Waals surface area contributed by atoms with Crippen LogP contribution in [-0.4, -0.2) is 53.4 Å². The SMILES string of the molecule is CCNC(=NCc1ccc(CN(C)C(=O)OC(C)(C)C)cc1)NCC1(O)CCC1. The number of carbonyl (C=O) groups excluding carboxylic acids is 1. The normalized spacial score (nSPS) is 16.0. The molecular weight excluding hydrogens is 368 g/mol. The third-order valence-corrected chi connectivity index (χ3v) is 4.78. The Labute approximate surface area is 174 Å². The van der Waals surface area contributed by atoms with E-state index in [4.69, 9.17) is 4.74 Å². The van der Waals surface area contributed by atoms with Gasteiger partial charge in [-0.1, -0.05) is 24.3 Å². The first kappa shape index (κ1) is 23.0. The van der Waals surface area contributed by atoms with Crippen LogP contribution < -0.4 is 10.6 Å². The van der Waals surface area contributed by atoms with Gasteiger partial charge in [0.05, 0.1) is 12.1 Å². The van der Waals surface area contributed by atoms with Gasteiger partial charge in [-0.15, -0.1) is 0 Å². The van der Waals surface area contributed by atoms with Gasteiger partial charge < -0.3 is 25.4 Å². The highest BCUT2D eigenvalue weighted by molar-refractivity contribution is 5.79. The Morgan fingerprint density at radius 1 is 1.21 bits per heavy atom. The van der Waals surface area contributed by atoms with E-state index in [1.807, 2.05) is 52.0 Å². The molecular formula is C22H36N4O3. The van der Waals surface area contributed by atoms with Gasteiger partial charge in [0, 0.05) is 26.7 Å². The number of benzene rings is 1. The van der Waals surface area contributed by atoms with E-state index in [0.29, 0.717) is 25.6 Å². The Hall–Kier alpha value is -2.28. The molecule has 0 saturated heterocycles. The van der Waals surface area contributed by atoms with Gasteiger partial charge in [-0.05, 0) is 58.1 Å². The summed E-state index contributed by atoms with van der Waals surface area (Å²) in [7, 11) is 1.73. The van der Waals surface area contributed by atoms with E-state index < -0.39 is 11.2 Å². The monoisotopic (exact) mass is 404 g/mol. The molecule has 0 radical (unpaired) electrons. The van der Waals surface area contributed by atoms with Crippen molar-refractivity contribution >= 4 is 12.1 Å². The van der Waals surface area contributed by atoms with Crippen LogP contribution >= 0.6 is 0 Å². The van der Waals surface area contributed by atoms with Crippen LogP contribution in [0.15, 0.2) is 29.3 Å². The fourth-order valence-corrected chi connectivity index (χ4v) is 2.95. The summed E-state index contributed by atoms with van der Waals surface area (Å²) < 4.78 is 5.38. The zero-order valence-corrected chi connectivity index (χ0v) is 18.4. The molecule has 7 nitrogen and oxygen atoms in total. The molecule has 1 amide bonds. The molecule has 3 N–H and O–H groups in total. The van der Waals surface area contributed by atoms with Gasteiger partial charge in [-0.2, -0.15) is 0 Å². The van der Waals surface area contributed by atoms with Crippen molar-refractivity contribution in [2.75, 3.05) is 20.1 Å². The molecule has 0 spiro atoms. The van der Waals surface area contributed by atoms with Crippen LogP contribution in [-0.2, 0) is 17.8 Å². The average Bonchev–Trinajstić information content (AvgIpc) is 2.62. The van der Waals surface area contributed by atoms with E-state index in [-0.39, 0.29) is 6.09 Å². The van der Waals surface area contributed by atoms with Gasteiger partial charge in [-0.25, -0.2) is 9.79 Å². The van der Waals surface area contributed by atoms with E-state index in [1.165, 1.54) is 0 Å². The van der Waals surface area contributed by atoms with Crippen LogP contribution in [0, 0.1) is 0 Å². The number of ether oxygens (including phenoxy) is 1. The van der Waals surface area contributed by atoms with Crippen molar-refractivity contribution < 1.29 is 14.6 Å². The Morgan fingerprint density at radius 3 is 2.34 bits per heavy atom. The third kappa shape index (κ3) is 7.93. The maximum Gasteiger partial charge on any atom is 0.410 e. The minimum absolute atomic E-state index is 0.333. The molecule has 1 fully saturated rings. The van der Waals surface area contributed by atoms with E-state index >= 15 is 0 Å². The van der Waals surface area contributed by atoms with E-state index in [1.54, 1.807) is 11.9 Å². The van der Waals surface area contributed by atoms with Crippen LogP contribution in [0.2, 0.25) is 0 Å². The van der Waals surface area contributed by atoms with Crippen molar-refractivity contribution in [3.8, 4) is 0 Å². The maximum absolute atomic E-state index is 12.1. The number of nitrogens with one attached hydrogen (secondary N) is 2.